The lowest BCUT2D eigenvalue weighted by Gasteiger charge is -2.24. The number of nitrogens with one attached hydrogen (secondary N) is 1. The van der Waals surface area contributed by atoms with Crippen molar-refractivity contribution in [2.24, 2.45) is 0 Å². The molecule has 1 aromatic heterocycles. The highest BCUT2D eigenvalue weighted by Crippen LogP contribution is 2.34. The van der Waals surface area contributed by atoms with Gasteiger partial charge >= 0.3 is 6.03 Å². The third-order valence-electron chi connectivity index (χ3n) is 3.96. The van der Waals surface area contributed by atoms with Gasteiger partial charge in [0.15, 0.2) is 0 Å². The first kappa shape index (κ1) is 14.9. The van der Waals surface area contributed by atoms with Gasteiger partial charge in [0.05, 0.1) is 13.2 Å². The van der Waals surface area contributed by atoms with Crippen LogP contribution in [0, 0.1) is 0 Å². The molecule has 1 atom stereocenters. The van der Waals surface area contributed by atoms with Gasteiger partial charge in [0.1, 0.15) is 5.75 Å². The molecule has 1 N–H and O–H groups in total. The minimum atomic E-state index is 0.0127. The van der Waals surface area contributed by atoms with Crippen molar-refractivity contribution in [3.05, 3.63) is 52.2 Å². The Morgan fingerprint density at radius 1 is 1.41 bits per heavy atom. The molecule has 3 rings (SSSR count). The number of rotatable bonds is 4. The molecule has 4 nitrogen and oxygen atoms in total. The largest absolute Gasteiger partial charge is 0.497 e. The molecule has 2 heterocycles. The van der Waals surface area contributed by atoms with Gasteiger partial charge in [-0.3, -0.25) is 0 Å². The molecule has 1 unspecified atom stereocenters. The first-order chi connectivity index (χ1) is 10.8. The number of hydrogen-bond donors (Lipinski definition) is 1. The van der Waals surface area contributed by atoms with Crippen LogP contribution in [0.4, 0.5) is 4.79 Å². The van der Waals surface area contributed by atoms with Crippen LogP contribution in [0.1, 0.15) is 29.3 Å². The van der Waals surface area contributed by atoms with Crippen molar-refractivity contribution in [1.29, 1.82) is 0 Å². The number of carbonyl (C=O) groups excluding carboxylic acids is 1. The van der Waals surface area contributed by atoms with E-state index in [1.54, 1.807) is 18.4 Å². The molecule has 1 aromatic carbocycles. The molecule has 1 aliphatic heterocycles. The minimum Gasteiger partial charge on any atom is -0.497 e. The van der Waals surface area contributed by atoms with E-state index in [1.165, 1.54) is 4.88 Å². The summed E-state index contributed by atoms with van der Waals surface area (Å²) in [6.07, 6.45) is 2.11. The highest BCUT2D eigenvalue weighted by atomic mass is 32.1. The Morgan fingerprint density at radius 2 is 2.32 bits per heavy atom. The van der Waals surface area contributed by atoms with E-state index in [-0.39, 0.29) is 12.1 Å². The van der Waals surface area contributed by atoms with Gasteiger partial charge in [0.25, 0.3) is 0 Å². The van der Waals surface area contributed by atoms with Crippen molar-refractivity contribution >= 4 is 17.4 Å². The van der Waals surface area contributed by atoms with Crippen molar-refractivity contribution in [3.8, 4) is 5.75 Å². The van der Waals surface area contributed by atoms with E-state index in [9.17, 15) is 4.79 Å². The molecule has 0 radical (unpaired) electrons. The summed E-state index contributed by atoms with van der Waals surface area (Å²) in [5.41, 5.74) is 1.04. The maximum Gasteiger partial charge on any atom is 0.318 e. The highest BCUT2D eigenvalue weighted by Gasteiger charge is 2.30. The zero-order valence-corrected chi connectivity index (χ0v) is 13.4. The molecule has 5 heteroatoms. The fraction of sp³-hybridized carbons (Fsp3) is 0.353. The van der Waals surface area contributed by atoms with Gasteiger partial charge in [0.2, 0.25) is 0 Å². The highest BCUT2D eigenvalue weighted by molar-refractivity contribution is 7.10. The standard InChI is InChI=1S/C17H20N2O2S/c1-21-14-6-2-5-13(11-14)12-18-17(20)19-9-3-7-15(19)16-8-4-10-22-16/h2,4-6,8,10-11,15H,3,7,9,12H2,1H3,(H,18,20). The number of hydrogen-bond acceptors (Lipinski definition) is 3. The van der Waals surface area contributed by atoms with E-state index in [2.05, 4.69) is 16.8 Å². The van der Waals surface area contributed by atoms with E-state index in [4.69, 9.17) is 4.74 Å². The van der Waals surface area contributed by atoms with Gasteiger partial charge in [-0.1, -0.05) is 18.2 Å². The van der Waals surface area contributed by atoms with Gasteiger partial charge in [-0.15, -0.1) is 11.3 Å². The number of amides is 2. The van der Waals surface area contributed by atoms with E-state index >= 15 is 0 Å². The minimum absolute atomic E-state index is 0.0127. The maximum absolute atomic E-state index is 12.5. The van der Waals surface area contributed by atoms with E-state index in [0.717, 1.165) is 30.7 Å². The molecular formula is C17H20N2O2S. The van der Waals surface area contributed by atoms with Crippen molar-refractivity contribution in [3.63, 3.8) is 0 Å². The summed E-state index contributed by atoms with van der Waals surface area (Å²) in [5, 5.41) is 5.09. The molecule has 0 bridgehead atoms. The molecule has 116 valence electrons. The summed E-state index contributed by atoms with van der Waals surface area (Å²) in [6.45, 7) is 1.34. The number of thiophene rings is 1. The Kier molecular flexibility index (Phi) is 4.63. The Balaban J connectivity index is 1.61. The second-order valence-electron chi connectivity index (χ2n) is 5.38. The topological polar surface area (TPSA) is 41.6 Å². The second-order valence-corrected chi connectivity index (χ2v) is 6.36. The molecule has 1 aliphatic rings. The Bertz CT molecular complexity index is 627. The fourth-order valence-electron chi connectivity index (χ4n) is 2.85. The smallest absolute Gasteiger partial charge is 0.318 e. The summed E-state index contributed by atoms with van der Waals surface area (Å²) in [4.78, 5) is 15.7. The SMILES string of the molecule is COc1cccc(CNC(=O)N2CCCC2c2cccs2)c1. The van der Waals surface area contributed by atoms with E-state index in [1.807, 2.05) is 35.2 Å². The lowest BCUT2D eigenvalue weighted by molar-refractivity contribution is 0.193. The molecule has 0 saturated carbocycles. The molecule has 0 spiro atoms. The average molecular weight is 316 g/mol. The van der Waals surface area contributed by atoms with Crippen LogP contribution >= 0.6 is 11.3 Å². The van der Waals surface area contributed by atoms with Crippen molar-refractivity contribution < 1.29 is 9.53 Å². The average Bonchev–Trinajstić information content (AvgIpc) is 3.23. The third kappa shape index (κ3) is 3.25. The lowest BCUT2D eigenvalue weighted by Crippen LogP contribution is -2.38. The van der Waals surface area contributed by atoms with Crippen LogP contribution in [-0.2, 0) is 6.54 Å². The van der Waals surface area contributed by atoms with E-state index < -0.39 is 0 Å². The second kappa shape index (κ2) is 6.83. The summed E-state index contributed by atoms with van der Waals surface area (Å²) >= 11 is 1.72. The first-order valence-corrected chi connectivity index (χ1v) is 8.36. The Hall–Kier alpha value is -2.01. The molecule has 0 aliphatic carbocycles. The summed E-state index contributed by atoms with van der Waals surface area (Å²) in [7, 11) is 1.65. The van der Waals surface area contributed by atoms with Gasteiger partial charge in [-0.25, -0.2) is 4.79 Å². The van der Waals surface area contributed by atoms with Gasteiger partial charge < -0.3 is 15.0 Å². The van der Waals surface area contributed by atoms with Crippen LogP contribution in [0.5, 0.6) is 5.75 Å². The monoisotopic (exact) mass is 316 g/mol. The zero-order valence-electron chi connectivity index (χ0n) is 12.6. The number of urea groups is 1. The summed E-state index contributed by atoms with van der Waals surface area (Å²) in [6, 6.07) is 12.2. The van der Waals surface area contributed by atoms with Crippen LogP contribution in [0.2, 0.25) is 0 Å². The molecular weight excluding hydrogens is 296 g/mol. The molecule has 22 heavy (non-hydrogen) atoms. The molecule has 2 aromatic rings. The molecule has 1 saturated heterocycles. The quantitative estimate of drug-likeness (QED) is 0.932. The Labute approximate surface area is 134 Å². The van der Waals surface area contributed by atoms with Crippen molar-refractivity contribution in [2.45, 2.75) is 25.4 Å². The number of carbonyl (C=O) groups is 1. The number of methoxy groups -OCH3 is 1. The van der Waals surface area contributed by atoms with E-state index in [0.29, 0.717) is 6.54 Å². The lowest BCUT2D eigenvalue weighted by atomic mass is 10.2. The predicted octanol–water partition coefficient (Wildman–Crippen LogP) is 3.80. The van der Waals surface area contributed by atoms with Crippen LogP contribution in [0.3, 0.4) is 0 Å². The number of likely N-dealkylation sites (tertiary alicyclic amines) is 1. The number of benzene rings is 1. The Morgan fingerprint density at radius 3 is 3.09 bits per heavy atom. The normalized spacial score (nSPS) is 17.5. The van der Waals surface area contributed by atoms with Crippen LogP contribution in [0.25, 0.3) is 0 Å². The number of ether oxygens (including phenoxy) is 1. The van der Waals surface area contributed by atoms with Crippen molar-refractivity contribution in [2.75, 3.05) is 13.7 Å². The first-order valence-electron chi connectivity index (χ1n) is 7.49. The maximum atomic E-state index is 12.5. The van der Waals surface area contributed by atoms with Gasteiger partial charge in [0, 0.05) is 18.0 Å². The van der Waals surface area contributed by atoms with Gasteiger partial charge in [-0.05, 0) is 42.0 Å². The van der Waals surface area contributed by atoms with Crippen LogP contribution < -0.4 is 10.1 Å². The fourth-order valence-corrected chi connectivity index (χ4v) is 3.72. The van der Waals surface area contributed by atoms with Crippen LogP contribution in [0.15, 0.2) is 41.8 Å². The molecule has 1 fully saturated rings. The summed E-state index contributed by atoms with van der Waals surface area (Å²) < 4.78 is 5.21. The van der Waals surface area contributed by atoms with Crippen LogP contribution in [-0.4, -0.2) is 24.6 Å². The van der Waals surface area contributed by atoms with Crippen molar-refractivity contribution in [1.82, 2.24) is 10.2 Å². The molecule has 2 amide bonds. The predicted molar refractivity (Wildman–Crippen MR) is 88.2 cm³/mol. The third-order valence-corrected chi connectivity index (χ3v) is 4.94. The summed E-state index contributed by atoms with van der Waals surface area (Å²) in [5.74, 6) is 0.810. The number of nitrogens with zero attached hydrogens (tertiary/aromatic N) is 1. The van der Waals surface area contributed by atoms with Gasteiger partial charge in [-0.2, -0.15) is 0 Å². The zero-order chi connectivity index (χ0) is 15.4.